The number of nitrogens with one attached hydrogen (secondary N) is 1. The standard InChI is InChI=1S/C15H13Cl2NO2/c16-12-3-1-11(2-4-12)15(18-10-19)9-20-14-7-5-13(17)6-8-14/h1-8,10,15H,9H2,(H,18,19). The summed E-state index contributed by atoms with van der Waals surface area (Å²) in [4.78, 5) is 10.7. The first-order chi connectivity index (χ1) is 9.69. The molecule has 0 saturated carbocycles. The molecule has 0 heterocycles. The predicted molar refractivity (Wildman–Crippen MR) is 80.3 cm³/mol. The van der Waals surface area contributed by atoms with Crippen LogP contribution in [0.15, 0.2) is 48.5 Å². The number of ether oxygens (including phenoxy) is 1. The van der Waals surface area contributed by atoms with Crippen LogP contribution in [0.1, 0.15) is 11.6 Å². The molecule has 2 rings (SSSR count). The number of carbonyl (C=O) groups is 1. The number of halogens is 2. The van der Waals surface area contributed by atoms with E-state index in [2.05, 4.69) is 5.32 Å². The molecule has 0 aromatic heterocycles. The van der Waals surface area contributed by atoms with Gasteiger partial charge in [-0.1, -0.05) is 35.3 Å². The molecule has 0 aliphatic carbocycles. The average molecular weight is 310 g/mol. The molecule has 2 aromatic rings. The maximum Gasteiger partial charge on any atom is 0.207 e. The van der Waals surface area contributed by atoms with Crippen LogP contribution < -0.4 is 10.1 Å². The van der Waals surface area contributed by atoms with Crippen molar-refractivity contribution in [3.63, 3.8) is 0 Å². The van der Waals surface area contributed by atoms with Gasteiger partial charge in [0.1, 0.15) is 12.4 Å². The summed E-state index contributed by atoms with van der Waals surface area (Å²) in [5.74, 6) is 0.695. The van der Waals surface area contributed by atoms with Gasteiger partial charge in [0, 0.05) is 10.0 Å². The van der Waals surface area contributed by atoms with Crippen molar-refractivity contribution in [1.29, 1.82) is 0 Å². The highest BCUT2D eigenvalue weighted by Gasteiger charge is 2.11. The number of benzene rings is 2. The van der Waals surface area contributed by atoms with E-state index in [1.165, 1.54) is 0 Å². The molecule has 0 fully saturated rings. The molecule has 0 radical (unpaired) electrons. The second-order valence-electron chi connectivity index (χ2n) is 4.15. The van der Waals surface area contributed by atoms with E-state index < -0.39 is 0 Å². The zero-order valence-corrected chi connectivity index (χ0v) is 12.1. The van der Waals surface area contributed by atoms with Gasteiger partial charge in [-0.3, -0.25) is 4.79 Å². The number of rotatable bonds is 6. The predicted octanol–water partition coefficient (Wildman–Crippen LogP) is 3.86. The van der Waals surface area contributed by atoms with Crippen LogP contribution in [0.25, 0.3) is 0 Å². The smallest absolute Gasteiger partial charge is 0.207 e. The fourth-order valence-corrected chi connectivity index (χ4v) is 1.98. The number of hydrogen-bond donors (Lipinski definition) is 1. The zero-order valence-electron chi connectivity index (χ0n) is 10.6. The molecule has 1 atom stereocenters. The van der Waals surface area contributed by atoms with Gasteiger partial charge in [-0.25, -0.2) is 0 Å². The molecule has 104 valence electrons. The summed E-state index contributed by atoms with van der Waals surface area (Å²) in [5.41, 5.74) is 0.926. The first-order valence-electron chi connectivity index (χ1n) is 6.02. The molecule has 0 aliphatic rings. The van der Waals surface area contributed by atoms with E-state index in [0.717, 1.165) is 5.56 Å². The summed E-state index contributed by atoms with van der Waals surface area (Å²) in [6.45, 7) is 0.321. The number of hydrogen-bond acceptors (Lipinski definition) is 2. The molecule has 0 saturated heterocycles. The maximum atomic E-state index is 10.7. The Bertz CT molecular complexity index is 555. The topological polar surface area (TPSA) is 38.3 Å². The van der Waals surface area contributed by atoms with Crippen molar-refractivity contribution in [3.05, 3.63) is 64.1 Å². The summed E-state index contributed by atoms with van der Waals surface area (Å²) in [6.07, 6.45) is 0.657. The van der Waals surface area contributed by atoms with Crippen LogP contribution in [0.3, 0.4) is 0 Å². The molecule has 3 nitrogen and oxygen atoms in total. The second-order valence-corrected chi connectivity index (χ2v) is 5.03. The summed E-state index contributed by atoms with van der Waals surface area (Å²) in [5, 5.41) is 4.03. The molecule has 1 unspecified atom stereocenters. The summed E-state index contributed by atoms with van der Waals surface area (Å²) in [6, 6.07) is 14.1. The summed E-state index contributed by atoms with van der Waals surface area (Å²) < 4.78 is 5.65. The van der Waals surface area contributed by atoms with Crippen molar-refractivity contribution in [2.75, 3.05) is 6.61 Å². The Hall–Kier alpha value is -1.71. The van der Waals surface area contributed by atoms with Crippen LogP contribution in [0.4, 0.5) is 0 Å². The highest BCUT2D eigenvalue weighted by Crippen LogP contribution is 2.20. The van der Waals surface area contributed by atoms with Crippen molar-refractivity contribution >= 4 is 29.6 Å². The van der Waals surface area contributed by atoms with Gasteiger partial charge in [-0.2, -0.15) is 0 Å². The van der Waals surface area contributed by atoms with E-state index in [-0.39, 0.29) is 6.04 Å². The van der Waals surface area contributed by atoms with E-state index in [9.17, 15) is 4.79 Å². The van der Waals surface area contributed by atoms with Gasteiger partial charge < -0.3 is 10.1 Å². The molecule has 1 N–H and O–H groups in total. The average Bonchev–Trinajstić information content (AvgIpc) is 2.46. The van der Waals surface area contributed by atoms with Gasteiger partial charge in [0.05, 0.1) is 6.04 Å². The minimum Gasteiger partial charge on any atom is -0.491 e. The fourth-order valence-electron chi connectivity index (χ4n) is 1.73. The van der Waals surface area contributed by atoms with Gasteiger partial charge >= 0.3 is 0 Å². The lowest BCUT2D eigenvalue weighted by atomic mass is 10.1. The minimum absolute atomic E-state index is 0.236. The Morgan fingerprint density at radius 2 is 1.55 bits per heavy atom. The monoisotopic (exact) mass is 309 g/mol. The van der Waals surface area contributed by atoms with Gasteiger partial charge in [0.15, 0.2) is 0 Å². The highest BCUT2D eigenvalue weighted by molar-refractivity contribution is 6.30. The third-order valence-corrected chi connectivity index (χ3v) is 3.28. The summed E-state index contributed by atoms with van der Waals surface area (Å²) >= 11 is 11.7. The molecule has 0 aliphatic heterocycles. The van der Waals surface area contributed by atoms with Crippen molar-refractivity contribution in [2.45, 2.75) is 6.04 Å². The van der Waals surface area contributed by atoms with Crippen LogP contribution >= 0.6 is 23.2 Å². The highest BCUT2D eigenvalue weighted by atomic mass is 35.5. The van der Waals surface area contributed by atoms with E-state index in [1.807, 2.05) is 12.1 Å². The first kappa shape index (κ1) is 14.7. The quantitative estimate of drug-likeness (QED) is 0.823. The Morgan fingerprint density at radius 3 is 2.10 bits per heavy atom. The van der Waals surface area contributed by atoms with E-state index in [1.54, 1.807) is 36.4 Å². The lowest BCUT2D eigenvalue weighted by Gasteiger charge is -2.17. The van der Waals surface area contributed by atoms with Crippen molar-refractivity contribution in [3.8, 4) is 5.75 Å². The second kappa shape index (κ2) is 7.17. The van der Waals surface area contributed by atoms with Gasteiger partial charge in [-0.15, -0.1) is 0 Å². The number of amides is 1. The first-order valence-corrected chi connectivity index (χ1v) is 6.78. The molecule has 0 spiro atoms. The minimum atomic E-state index is -0.236. The van der Waals surface area contributed by atoms with Crippen LogP contribution in [-0.4, -0.2) is 13.0 Å². The van der Waals surface area contributed by atoms with E-state index in [4.69, 9.17) is 27.9 Å². The summed E-state index contributed by atoms with van der Waals surface area (Å²) in [7, 11) is 0. The zero-order chi connectivity index (χ0) is 14.4. The lowest BCUT2D eigenvalue weighted by Crippen LogP contribution is -2.25. The van der Waals surface area contributed by atoms with Crippen LogP contribution in [-0.2, 0) is 4.79 Å². The SMILES string of the molecule is O=CNC(COc1ccc(Cl)cc1)c1ccc(Cl)cc1. The molecule has 0 bridgehead atoms. The Balaban J connectivity index is 2.03. The third kappa shape index (κ3) is 4.15. The van der Waals surface area contributed by atoms with Crippen molar-refractivity contribution < 1.29 is 9.53 Å². The largest absolute Gasteiger partial charge is 0.491 e. The third-order valence-electron chi connectivity index (χ3n) is 2.77. The Morgan fingerprint density at radius 1 is 1.00 bits per heavy atom. The molecular formula is C15H13Cl2NO2. The van der Waals surface area contributed by atoms with Crippen LogP contribution in [0.5, 0.6) is 5.75 Å². The van der Waals surface area contributed by atoms with E-state index in [0.29, 0.717) is 28.8 Å². The Labute approximate surface area is 127 Å². The molecular weight excluding hydrogens is 297 g/mol. The normalized spacial score (nSPS) is 11.7. The molecule has 2 aromatic carbocycles. The van der Waals surface area contributed by atoms with Crippen LogP contribution in [0, 0.1) is 0 Å². The Kier molecular flexibility index (Phi) is 5.27. The number of carbonyl (C=O) groups excluding carboxylic acids is 1. The van der Waals surface area contributed by atoms with Gasteiger partial charge in [-0.05, 0) is 42.0 Å². The molecule has 20 heavy (non-hydrogen) atoms. The van der Waals surface area contributed by atoms with Crippen LogP contribution in [0.2, 0.25) is 10.0 Å². The van der Waals surface area contributed by atoms with Gasteiger partial charge in [0.25, 0.3) is 0 Å². The van der Waals surface area contributed by atoms with Crippen molar-refractivity contribution in [1.82, 2.24) is 5.32 Å². The maximum absolute atomic E-state index is 10.7. The molecule has 1 amide bonds. The van der Waals surface area contributed by atoms with Gasteiger partial charge in [0.2, 0.25) is 6.41 Å². The van der Waals surface area contributed by atoms with Crippen molar-refractivity contribution in [2.24, 2.45) is 0 Å². The fraction of sp³-hybridized carbons (Fsp3) is 0.133. The molecule has 5 heteroatoms. The lowest BCUT2D eigenvalue weighted by molar-refractivity contribution is -0.110. The van der Waals surface area contributed by atoms with E-state index >= 15 is 0 Å².